The van der Waals surface area contributed by atoms with Crippen molar-refractivity contribution in [3.63, 3.8) is 0 Å². The highest BCUT2D eigenvalue weighted by Gasteiger charge is 2.48. The molecule has 8 heteroatoms. The summed E-state index contributed by atoms with van der Waals surface area (Å²) in [6.07, 6.45) is 4.38. The minimum Gasteiger partial charge on any atom is -0.465 e. The summed E-state index contributed by atoms with van der Waals surface area (Å²) in [7, 11) is 1.61. The fourth-order valence-electron chi connectivity index (χ4n) is 2.36. The van der Waals surface area contributed by atoms with E-state index in [-0.39, 0.29) is 12.2 Å². The van der Waals surface area contributed by atoms with Gasteiger partial charge in [-0.05, 0) is 26.0 Å². The molecule has 23 heavy (non-hydrogen) atoms. The number of allylic oxidation sites excluding steroid dienone is 2. The van der Waals surface area contributed by atoms with Gasteiger partial charge in [0.25, 0.3) is 5.91 Å². The second-order valence-corrected chi connectivity index (χ2v) is 5.12. The van der Waals surface area contributed by atoms with Gasteiger partial charge in [-0.25, -0.2) is 8.78 Å². The van der Waals surface area contributed by atoms with Gasteiger partial charge in [-0.15, -0.1) is 0 Å². The Labute approximate surface area is 131 Å². The predicted octanol–water partition coefficient (Wildman–Crippen LogP) is 1.73. The number of rotatable bonds is 4. The first-order valence-corrected chi connectivity index (χ1v) is 7.01. The van der Waals surface area contributed by atoms with Crippen molar-refractivity contribution in [3.05, 3.63) is 41.5 Å². The highest BCUT2D eigenvalue weighted by molar-refractivity contribution is 5.96. The number of halogens is 2. The van der Waals surface area contributed by atoms with E-state index in [1.165, 1.54) is 17.8 Å². The monoisotopic (exact) mass is 325 g/mol. The molecule has 0 saturated heterocycles. The minimum atomic E-state index is -2.72. The zero-order valence-electron chi connectivity index (χ0n) is 13.0. The molecule has 0 aromatic carbocycles. The Bertz CT molecular complexity index is 696. The summed E-state index contributed by atoms with van der Waals surface area (Å²) in [6, 6.07) is 0. The number of hydrogen-bond donors (Lipinski definition) is 1. The molecule has 0 bridgehead atoms. The van der Waals surface area contributed by atoms with Gasteiger partial charge >= 0.3 is 5.97 Å². The average Bonchev–Trinajstić information content (AvgIpc) is 2.77. The van der Waals surface area contributed by atoms with Crippen molar-refractivity contribution in [3.8, 4) is 0 Å². The van der Waals surface area contributed by atoms with Gasteiger partial charge in [0.2, 0.25) is 5.79 Å². The van der Waals surface area contributed by atoms with Crippen molar-refractivity contribution < 1.29 is 23.1 Å². The van der Waals surface area contributed by atoms with Crippen molar-refractivity contribution in [2.24, 2.45) is 13.0 Å². The van der Waals surface area contributed by atoms with Gasteiger partial charge in [-0.1, -0.05) is 6.08 Å². The number of amides is 1. The van der Waals surface area contributed by atoms with Crippen LogP contribution in [0, 0.1) is 12.8 Å². The molecule has 2 rings (SSSR count). The van der Waals surface area contributed by atoms with E-state index in [1.54, 1.807) is 14.0 Å². The number of carbonyl (C=O) groups excluding carboxylic acids is 2. The number of ether oxygens (including phenoxy) is 1. The van der Waals surface area contributed by atoms with Gasteiger partial charge < -0.3 is 10.1 Å². The van der Waals surface area contributed by atoms with Crippen LogP contribution in [0.3, 0.4) is 0 Å². The normalized spacial score (nSPS) is 23.3. The van der Waals surface area contributed by atoms with Crippen molar-refractivity contribution >= 4 is 11.9 Å². The summed E-state index contributed by atoms with van der Waals surface area (Å²) in [5, 5.41) is 6.04. The van der Waals surface area contributed by atoms with Crippen LogP contribution in [0.4, 0.5) is 8.78 Å². The first-order chi connectivity index (χ1) is 10.8. The predicted molar refractivity (Wildman–Crippen MR) is 77.7 cm³/mol. The molecule has 0 saturated carbocycles. The van der Waals surface area contributed by atoms with Crippen LogP contribution in [0.1, 0.15) is 23.0 Å². The largest absolute Gasteiger partial charge is 0.465 e. The van der Waals surface area contributed by atoms with Crippen LogP contribution in [0.15, 0.2) is 30.3 Å². The SMILES string of the molecule is CCOC(=O)C1C(F)=CC=CC1(F)NC(=O)c1cn(C)nc1C. The minimum absolute atomic E-state index is 0.0297. The molecule has 2 unspecified atom stereocenters. The first kappa shape index (κ1) is 16.9. The lowest BCUT2D eigenvalue weighted by Crippen LogP contribution is -2.53. The number of nitrogens with zero attached hydrogens (tertiary/aromatic N) is 2. The Kier molecular flexibility index (Phi) is 4.63. The topological polar surface area (TPSA) is 73.2 Å². The molecule has 1 amide bonds. The van der Waals surface area contributed by atoms with Gasteiger partial charge in [0, 0.05) is 13.2 Å². The van der Waals surface area contributed by atoms with Gasteiger partial charge in [0.05, 0.1) is 17.9 Å². The van der Waals surface area contributed by atoms with E-state index in [4.69, 9.17) is 4.74 Å². The maximum atomic E-state index is 15.1. The number of aromatic nitrogens is 2. The Balaban J connectivity index is 2.29. The smallest absolute Gasteiger partial charge is 0.321 e. The van der Waals surface area contributed by atoms with Crippen molar-refractivity contribution in [2.75, 3.05) is 6.61 Å². The summed E-state index contributed by atoms with van der Waals surface area (Å²) >= 11 is 0. The Morgan fingerprint density at radius 1 is 1.52 bits per heavy atom. The molecule has 0 fully saturated rings. The van der Waals surface area contributed by atoms with Crippen LogP contribution in [-0.2, 0) is 16.6 Å². The Morgan fingerprint density at radius 2 is 2.22 bits per heavy atom. The zero-order chi connectivity index (χ0) is 17.2. The van der Waals surface area contributed by atoms with E-state index in [0.29, 0.717) is 5.69 Å². The second-order valence-electron chi connectivity index (χ2n) is 5.12. The number of hydrogen-bond acceptors (Lipinski definition) is 4. The molecule has 1 heterocycles. The molecule has 1 aromatic rings. The van der Waals surface area contributed by atoms with E-state index < -0.39 is 29.4 Å². The first-order valence-electron chi connectivity index (χ1n) is 7.01. The van der Waals surface area contributed by atoms with E-state index in [1.807, 2.05) is 0 Å². The van der Waals surface area contributed by atoms with Gasteiger partial charge in [-0.2, -0.15) is 5.10 Å². The molecule has 1 aromatic heterocycles. The third-order valence-electron chi connectivity index (χ3n) is 3.38. The molecule has 0 aliphatic heterocycles. The van der Waals surface area contributed by atoms with Gasteiger partial charge in [0.1, 0.15) is 5.83 Å². The molecule has 124 valence electrons. The molecule has 2 atom stereocenters. The summed E-state index contributed by atoms with van der Waals surface area (Å²) in [5.74, 6) is -7.50. The third kappa shape index (κ3) is 3.30. The summed E-state index contributed by atoms with van der Waals surface area (Å²) in [5.41, 5.74) is 0.521. The van der Waals surface area contributed by atoms with Crippen LogP contribution >= 0.6 is 0 Å². The van der Waals surface area contributed by atoms with Crippen LogP contribution in [0.25, 0.3) is 0 Å². The lowest BCUT2D eigenvalue weighted by atomic mass is 9.91. The summed E-state index contributed by atoms with van der Waals surface area (Å²) in [6.45, 7) is 3.08. The van der Waals surface area contributed by atoms with Crippen LogP contribution in [0.5, 0.6) is 0 Å². The van der Waals surface area contributed by atoms with Crippen LogP contribution < -0.4 is 5.32 Å². The highest BCUT2D eigenvalue weighted by atomic mass is 19.2. The van der Waals surface area contributed by atoms with E-state index in [0.717, 1.165) is 18.2 Å². The third-order valence-corrected chi connectivity index (χ3v) is 3.38. The van der Waals surface area contributed by atoms with Gasteiger partial charge in [0.15, 0.2) is 5.92 Å². The molecule has 1 N–H and O–H groups in total. The van der Waals surface area contributed by atoms with Crippen LogP contribution in [0.2, 0.25) is 0 Å². The molecule has 6 nitrogen and oxygen atoms in total. The molecular formula is C15H17F2N3O3. The van der Waals surface area contributed by atoms with E-state index >= 15 is 4.39 Å². The number of nitrogens with one attached hydrogen (secondary N) is 1. The maximum absolute atomic E-state index is 15.1. The highest BCUT2D eigenvalue weighted by Crippen LogP contribution is 2.34. The van der Waals surface area contributed by atoms with E-state index in [9.17, 15) is 14.0 Å². The standard InChI is InChI=1S/C15H17F2N3O3/c1-4-23-14(22)12-11(16)6-5-7-15(12,17)18-13(21)10-8-20(3)19-9(10)2/h5-8,12H,4H2,1-3H3,(H,18,21). The average molecular weight is 325 g/mol. The number of carbonyl (C=O) groups is 2. The van der Waals surface area contributed by atoms with Crippen molar-refractivity contribution in [1.82, 2.24) is 15.1 Å². The molecule has 0 radical (unpaired) electrons. The maximum Gasteiger partial charge on any atom is 0.321 e. The molecular weight excluding hydrogens is 308 g/mol. The van der Waals surface area contributed by atoms with Crippen molar-refractivity contribution in [2.45, 2.75) is 19.6 Å². The fourth-order valence-corrected chi connectivity index (χ4v) is 2.36. The fraction of sp³-hybridized carbons (Fsp3) is 0.400. The number of alkyl halides is 1. The van der Waals surface area contributed by atoms with Gasteiger partial charge in [-0.3, -0.25) is 14.3 Å². The Morgan fingerprint density at radius 3 is 2.78 bits per heavy atom. The van der Waals surface area contributed by atoms with E-state index in [2.05, 4.69) is 10.4 Å². The molecule has 0 spiro atoms. The lowest BCUT2D eigenvalue weighted by Gasteiger charge is -2.31. The molecule has 1 aliphatic carbocycles. The van der Waals surface area contributed by atoms with Crippen molar-refractivity contribution in [1.29, 1.82) is 0 Å². The number of esters is 1. The zero-order valence-corrected chi connectivity index (χ0v) is 13.0. The molecule has 1 aliphatic rings. The second kappa shape index (κ2) is 6.31. The summed E-state index contributed by atoms with van der Waals surface area (Å²) < 4.78 is 35.2. The lowest BCUT2D eigenvalue weighted by molar-refractivity contribution is -0.151. The van der Waals surface area contributed by atoms with Crippen LogP contribution in [-0.4, -0.2) is 34.1 Å². The number of aryl methyl sites for hydroxylation is 2. The quantitative estimate of drug-likeness (QED) is 0.676. The summed E-state index contributed by atoms with van der Waals surface area (Å²) in [4.78, 5) is 24.1. The Hall–Kier alpha value is -2.51.